The van der Waals surface area contributed by atoms with E-state index in [-0.39, 0.29) is 23.9 Å². The standard InChI is InChI=1S/C19H17Cl2N5O2S/c1-10-6-25(2)18(28)17-16(10)22-9-26(17)7-15(27)24-19-23-14(8-29-19)11-3-4-12(20)13(21)5-11/h4-6,8-9,11H,3,7H2,1-2H3,(H,23,24,27). The maximum Gasteiger partial charge on any atom is 0.276 e. The van der Waals surface area contributed by atoms with Gasteiger partial charge in [-0.1, -0.05) is 35.4 Å². The molecule has 10 heteroatoms. The van der Waals surface area contributed by atoms with E-state index < -0.39 is 0 Å². The number of aromatic nitrogens is 4. The topological polar surface area (TPSA) is 81.8 Å². The summed E-state index contributed by atoms with van der Waals surface area (Å²) in [6.07, 6.45) is 7.67. The van der Waals surface area contributed by atoms with Crippen molar-refractivity contribution in [1.82, 2.24) is 19.1 Å². The lowest BCUT2D eigenvalue weighted by atomic mass is 9.98. The van der Waals surface area contributed by atoms with Gasteiger partial charge in [-0.25, -0.2) is 9.97 Å². The second-order valence-electron chi connectivity index (χ2n) is 6.83. The van der Waals surface area contributed by atoms with Crippen molar-refractivity contribution in [2.45, 2.75) is 25.8 Å². The van der Waals surface area contributed by atoms with E-state index in [2.05, 4.69) is 15.3 Å². The number of carbonyl (C=O) groups excluding carboxylic acids is 1. The van der Waals surface area contributed by atoms with Crippen molar-refractivity contribution >= 4 is 56.6 Å². The van der Waals surface area contributed by atoms with E-state index in [9.17, 15) is 9.59 Å². The van der Waals surface area contributed by atoms with Crippen LogP contribution < -0.4 is 10.9 Å². The predicted octanol–water partition coefficient (Wildman–Crippen LogP) is 3.87. The smallest absolute Gasteiger partial charge is 0.276 e. The van der Waals surface area contributed by atoms with Crippen LogP contribution in [0, 0.1) is 6.92 Å². The average Bonchev–Trinajstić information content (AvgIpc) is 3.30. The zero-order valence-corrected chi connectivity index (χ0v) is 18.0. The molecule has 7 nitrogen and oxygen atoms in total. The van der Waals surface area contributed by atoms with Gasteiger partial charge in [0.2, 0.25) is 5.91 Å². The van der Waals surface area contributed by atoms with Gasteiger partial charge in [-0.15, -0.1) is 11.3 Å². The number of rotatable bonds is 4. The molecule has 0 radical (unpaired) electrons. The molecule has 0 spiro atoms. The van der Waals surface area contributed by atoms with Crippen LogP contribution in [0.3, 0.4) is 0 Å². The first-order chi connectivity index (χ1) is 13.8. The Labute approximate surface area is 180 Å². The lowest BCUT2D eigenvalue weighted by molar-refractivity contribution is -0.116. The highest BCUT2D eigenvalue weighted by atomic mass is 35.5. The number of hydrogen-bond donors (Lipinski definition) is 1. The van der Waals surface area contributed by atoms with Crippen LogP contribution in [0.15, 0.2) is 44.9 Å². The summed E-state index contributed by atoms with van der Waals surface area (Å²) in [6.45, 7) is 1.85. The second-order valence-corrected chi connectivity index (χ2v) is 8.50. The lowest BCUT2D eigenvalue weighted by Crippen LogP contribution is -2.23. The molecule has 29 heavy (non-hydrogen) atoms. The number of allylic oxidation sites excluding steroid dienone is 4. The molecule has 1 unspecified atom stereocenters. The normalized spacial score (nSPS) is 16.6. The van der Waals surface area contributed by atoms with Gasteiger partial charge in [-0.2, -0.15) is 0 Å². The minimum absolute atomic E-state index is 0.0236. The molecule has 4 rings (SSSR count). The van der Waals surface area contributed by atoms with Gasteiger partial charge in [-0.05, 0) is 18.9 Å². The van der Waals surface area contributed by atoms with Crippen LogP contribution in [0.25, 0.3) is 11.0 Å². The summed E-state index contributed by atoms with van der Waals surface area (Å²) in [4.78, 5) is 33.8. The Morgan fingerprint density at radius 3 is 2.93 bits per heavy atom. The fourth-order valence-electron chi connectivity index (χ4n) is 3.28. The number of carbonyl (C=O) groups is 1. The molecule has 150 valence electrons. The van der Waals surface area contributed by atoms with E-state index in [0.717, 1.165) is 11.3 Å². The molecule has 0 saturated carbocycles. The summed E-state index contributed by atoms with van der Waals surface area (Å²) in [5, 5.41) is 6.21. The van der Waals surface area contributed by atoms with Gasteiger partial charge in [0.05, 0.1) is 27.6 Å². The van der Waals surface area contributed by atoms with Crippen LogP contribution in [0.4, 0.5) is 5.13 Å². The van der Waals surface area contributed by atoms with Gasteiger partial charge in [0.25, 0.3) is 5.56 Å². The van der Waals surface area contributed by atoms with Gasteiger partial charge in [0, 0.05) is 24.5 Å². The van der Waals surface area contributed by atoms with Gasteiger partial charge in [0.1, 0.15) is 12.1 Å². The van der Waals surface area contributed by atoms with Crippen molar-refractivity contribution in [2.24, 2.45) is 7.05 Å². The lowest BCUT2D eigenvalue weighted by Gasteiger charge is -2.13. The predicted molar refractivity (Wildman–Crippen MR) is 116 cm³/mol. The Balaban J connectivity index is 1.50. The number of aryl methyl sites for hydroxylation is 2. The van der Waals surface area contributed by atoms with Gasteiger partial charge < -0.3 is 14.5 Å². The quantitative estimate of drug-likeness (QED) is 0.655. The summed E-state index contributed by atoms with van der Waals surface area (Å²) >= 11 is 13.4. The summed E-state index contributed by atoms with van der Waals surface area (Å²) in [5.41, 5.74) is 2.51. The first-order valence-corrected chi connectivity index (χ1v) is 10.5. The minimum Gasteiger partial charge on any atom is -0.317 e. The SMILES string of the molecule is Cc1cn(C)c(=O)c2c1ncn2CC(=O)Nc1nc(C2C=C(Cl)C(Cl)=CC2)cs1. The third-order valence-corrected chi connectivity index (χ3v) is 6.27. The Kier molecular flexibility index (Phi) is 5.33. The van der Waals surface area contributed by atoms with Gasteiger partial charge in [-0.3, -0.25) is 9.59 Å². The molecule has 0 saturated heterocycles. The van der Waals surface area contributed by atoms with Crippen LogP contribution in [0.1, 0.15) is 23.6 Å². The molecule has 1 amide bonds. The van der Waals surface area contributed by atoms with Crippen molar-refractivity contribution in [3.05, 3.63) is 61.7 Å². The zero-order chi connectivity index (χ0) is 20.7. The highest BCUT2D eigenvalue weighted by molar-refractivity contribution is 7.13. The monoisotopic (exact) mass is 449 g/mol. The number of fused-ring (bicyclic) bond motifs is 1. The van der Waals surface area contributed by atoms with E-state index >= 15 is 0 Å². The number of anilines is 1. The molecule has 1 aliphatic rings. The third-order valence-electron chi connectivity index (χ3n) is 4.71. The molecule has 1 N–H and O–H groups in total. The zero-order valence-electron chi connectivity index (χ0n) is 15.6. The number of pyridine rings is 1. The van der Waals surface area contributed by atoms with Crippen LogP contribution in [-0.4, -0.2) is 25.0 Å². The molecule has 0 aliphatic heterocycles. The number of imidazole rings is 1. The summed E-state index contributed by atoms with van der Waals surface area (Å²) in [7, 11) is 1.68. The number of halogens is 2. The maximum atomic E-state index is 12.5. The van der Waals surface area contributed by atoms with Gasteiger partial charge in [0.15, 0.2) is 5.13 Å². The molecular formula is C19H17Cl2N5O2S. The summed E-state index contributed by atoms with van der Waals surface area (Å²) < 4.78 is 3.05. The van der Waals surface area contributed by atoms with E-state index in [1.165, 1.54) is 22.2 Å². The third kappa shape index (κ3) is 3.88. The highest BCUT2D eigenvalue weighted by Crippen LogP contribution is 2.35. The van der Waals surface area contributed by atoms with Crippen molar-refractivity contribution in [2.75, 3.05) is 5.32 Å². The molecule has 0 bridgehead atoms. The maximum absolute atomic E-state index is 12.5. The van der Waals surface area contributed by atoms with E-state index in [4.69, 9.17) is 23.2 Å². The van der Waals surface area contributed by atoms with Crippen molar-refractivity contribution in [3.63, 3.8) is 0 Å². The Morgan fingerprint density at radius 2 is 2.17 bits per heavy atom. The number of thiazole rings is 1. The van der Waals surface area contributed by atoms with Gasteiger partial charge >= 0.3 is 0 Å². The second kappa shape index (κ2) is 7.78. The molecule has 1 atom stereocenters. The largest absolute Gasteiger partial charge is 0.317 e. The molecular weight excluding hydrogens is 433 g/mol. The molecule has 0 fully saturated rings. The Bertz CT molecular complexity index is 1240. The molecule has 3 aromatic rings. The summed E-state index contributed by atoms with van der Waals surface area (Å²) in [6, 6.07) is 0. The first-order valence-electron chi connectivity index (χ1n) is 8.83. The summed E-state index contributed by atoms with van der Waals surface area (Å²) in [5.74, 6) is -0.260. The van der Waals surface area contributed by atoms with Crippen LogP contribution in [-0.2, 0) is 18.4 Å². The molecule has 0 aromatic carbocycles. The Morgan fingerprint density at radius 1 is 1.38 bits per heavy atom. The van der Waals surface area contributed by atoms with E-state index in [0.29, 0.717) is 32.7 Å². The highest BCUT2D eigenvalue weighted by Gasteiger charge is 2.19. The van der Waals surface area contributed by atoms with Crippen LogP contribution in [0.5, 0.6) is 0 Å². The van der Waals surface area contributed by atoms with E-state index in [1.54, 1.807) is 17.8 Å². The van der Waals surface area contributed by atoms with Crippen molar-refractivity contribution in [1.29, 1.82) is 0 Å². The first kappa shape index (κ1) is 19.9. The minimum atomic E-state index is -0.283. The fourth-order valence-corrected chi connectivity index (χ4v) is 4.45. The molecule has 3 heterocycles. The fraction of sp³-hybridized carbons (Fsp3) is 0.263. The average molecular weight is 450 g/mol. The molecule has 3 aromatic heterocycles. The Hall–Kier alpha value is -2.42. The number of hydrogen-bond acceptors (Lipinski definition) is 5. The number of amides is 1. The number of nitrogens with zero attached hydrogens (tertiary/aromatic N) is 4. The van der Waals surface area contributed by atoms with Crippen molar-refractivity contribution in [3.8, 4) is 0 Å². The van der Waals surface area contributed by atoms with E-state index in [1.807, 2.05) is 24.5 Å². The number of nitrogens with one attached hydrogen (secondary N) is 1. The van der Waals surface area contributed by atoms with Crippen LogP contribution in [0.2, 0.25) is 0 Å². The van der Waals surface area contributed by atoms with Crippen LogP contribution >= 0.6 is 34.5 Å². The molecule has 1 aliphatic carbocycles. The van der Waals surface area contributed by atoms with Crippen molar-refractivity contribution < 1.29 is 4.79 Å².